The number of thiophene rings is 1. The normalized spacial score (nSPS) is 15.8. The molecular formula is C16H18BrFN2S. The number of halogens is 2. The monoisotopic (exact) mass is 368 g/mol. The number of aryl methyl sites for hydroxylation is 2. The summed E-state index contributed by atoms with van der Waals surface area (Å²) in [5.74, 6) is 5.52. The lowest BCUT2D eigenvalue weighted by Crippen LogP contribution is -2.29. The average molecular weight is 369 g/mol. The van der Waals surface area contributed by atoms with Crippen LogP contribution in [0.4, 0.5) is 4.39 Å². The van der Waals surface area contributed by atoms with Crippen LogP contribution in [0.1, 0.15) is 39.8 Å². The van der Waals surface area contributed by atoms with Crippen molar-refractivity contribution in [2.75, 3.05) is 0 Å². The first-order chi connectivity index (χ1) is 10.2. The molecule has 0 saturated heterocycles. The lowest BCUT2D eigenvalue weighted by atomic mass is 9.98. The topological polar surface area (TPSA) is 38.0 Å². The van der Waals surface area contributed by atoms with Crippen molar-refractivity contribution in [3.05, 3.63) is 55.4 Å². The fraction of sp³-hybridized carbons (Fsp3) is 0.375. The largest absolute Gasteiger partial charge is 0.271 e. The van der Waals surface area contributed by atoms with Crippen molar-refractivity contribution >= 4 is 27.3 Å². The zero-order valence-corrected chi connectivity index (χ0v) is 14.1. The van der Waals surface area contributed by atoms with Crippen LogP contribution in [-0.2, 0) is 19.3 Å². The first-order valence-corrected chi connectivity index (χ1v) is 8.80. The molecule has 2 nitrogen and oxygen atoms in total. The number of nitrogens with one attached hydrogen (secondary N) is 1. The molecule has 0 fully saturated rings. The Hall–Kier alpha value is -0.750. The molecular weight excluding hydrogens is 351 g/mol. The van der Waals surface area contributed by atoms with Gasteiger partial charge < -0.3 is 0 Å². The van der Waals surface area contributed by atoms with E-state index in [1.807, 2.05) is 23.5 Å². The Balaban J connectivity index is 1.81. The van der Waals surface area contributed by atoms with Crippen LogP contribution in [0.2, 0.25) is 0 Å². The first kappa shape index (κ1) is 15.2. The lowest BCUT2D eigenvalue weighted by molar-refractivity contribution is 0.558. The zero-order valence-electron chi connectivity index (χ0n) is 11.7. The summed E-state index contributed by atoms with van der Waals surface area (Å²) in [5, 5.41) is 0. The molecule has 1 heterocycles. The van der Waals surface area contributed by atoms with Gasteiger partial charge in [0.1, 0.15) is 5.82 Å². The van der Waals surface area contributed by atoms with Crippen LogP contribution in [0.15, 0.2) is 28.7 Å². The van der Waals surface area contributed by atoms with Crippen LogP contribution < -0.4 is 11.3 Å². The van der Waals surface area contributed by atoms with Gasteiger partial charge in [-0.15, -0.1) is 11.3 Å². The average Bonchev–Trinajstić information content (AvgIpc) is 2.92. The molecule has 1 unspecified atom stereocenters. The van der Waals surface area contributed by atoms with Gasteiger partial charge in [-0.3, -0.25) is 11.3 Å². The molecule has 0 saturated carbocycles. The van der Waals surface area contributed by atoms with E-state index in [-0.39, 0.29) is 11.9 Å². The highest BCUT2D eigenvalue weighted by atomic mass is 79.9. The fourth-order valence-electron chi connectivity index (χ4n) is 2.83. The van der Waals surface area contributed by atoms with Crippen LogP contribution in [0.3, 0.4) is 0 Å². The molecule has 0 aliphatic heterocycles. The van der Waals surface area contributed by atoms with E-state index in [0.717, 1.165) is 12.0 Å². The molecule has 0 bridgehead atoms. The van der Waals surface area contributed by atoms with Gasteiger partial charge in [-0.2, -0.15) is 0 Å². The van der Waals surface area contributed by atoms with E-state index in [0.29, 0.717) is 4.47 Å². The van der Waals surface area contributed by atoms with Crippen LogP contribution in [0.5, 0.6) is 0 Å². The summed E-state index contributed by atoms with van der Waals surface area (Å²) >= 11 is 5.10. The summed E-state index contributed by atoms with van der Waals surface area (Å²) in [4.78, 5) is 2.79. The number of rotatable bonds is 4. The third kappa shape index (κ3) is 3.37. The van der Waals surface area contributed by atoms with E-state index in [2.05, 4.69) is 27.4 Å². The van der Waals surface area contributed by atoms with Crippen molar-refractivity contribution < 1.29 is 4.39 Å². The molecule has 3 rings (SSSR count). The van der Waals surface area contributed by atoms with Crippen LogP contribution in [0, 0.1) is 5.82 Å². The molecule has 0 radical (unpaired) electrons. The number of hydrazine groups is 1. The van der Waals surface area contributed by atoms with Crippen molar-refractivity contribution in [1.82, 2.24) is 5.43 Å². The number of fused-ring (bicyclic) bond motifs is 1. The maximum atomic E-state index is 13.3. The molecule has 1 aliphatic rings. The Labute approximate surface area is 136 Å². The number of hydrogen-bond donors (Lipinski definition) is 2. The molecule has 0 spiro atoms. The molecule has 1 aliphatic carbocycles. The lowest BCUT2D eigenvalue weighted by Gasteiger charge is -2.14. The summed E-state index contributed by atoms with van der Waals surface area (Å²) in [6.07, 6.45) is 5.72. The minimum atomic E-state index is -0.234. The van der Waals surface area contributed by atoms with E-state index in [9.17, 15) is 4.39 Å². The molecule has 2 aromatic rings. The Morgan fingerprint density at radius 1 is 1.29 bits per heavy atom. The van der Waals surface area contributed by atoms with E-state index in [1.54, 1.807) is 0 Å². The number of benzene rings is 1. The third-order valence-electron chi connectivity index (χ3n) is 3.98. The summed E-state index contributed by atoms with van der Waals surface area (Å²) in [6.45, 7) is 0. The van der Waals surface area contributed by atoms with Crippen molar-refractivity contribution in [2.45, 2.75) is 38.1 Å². The van der Waals surface area contributed by atoms with Gasteiger partial charge >= 0.3 is 0 Å². The van der Waals surface area contributed by atoms with Crippen molar-refractivity contribution in [3.63, 3.8) is 0 Å². The molecule has 112 valence electrons. The minimum absolute atomic E-state index is 0.0814. The highest BCUT2D eigenvalue weighted by Crippen LogP contribution is 2.34. The second-order valence-electron chi connectivity index (χ2n) is 5.48. The number of hydrogen-bond acceptors (Lipinski definition) is 3. The van der Waals surface area contributed by atoms with Crippen molar-refractivity contribution in [2.24, 2.45) is 5.84 Å². The van der Waals surface area contributed by atoms with Crippen molar-refractivity contribution in [1.29, 1.82) is 0 Å². The SMILES string of the molecule is NNC(Cc1ccc(F)c(Br)c1)c1cc2c(s1)CCCC2. The quantitative estimate of drug-likeness (QED) is 0.624. The fourth-order valence-corrected chi connectivity index (χ4v) is 4.57. The summed E-state index contributed by atoms with van der Waals surface area (Å²) in [6, 6.07) is 7.51. The van der Waals surface area contributed by atoms with Crippen LogP contribution in [0.25, 0.3) is 0 Å². The van der Waals surface area contributed by atoms with Crippen LogP contribution >= 0.6 is 27.3 Å². The van der Waals surface area contributed by atoms with E-state index in [1.165, 1.54) is 47.1 Å². The second kappa shape index (κ2) is 6.57. The Morgan fingerprint density at radius 3 is 2.81 bits per heavy atom. The van der Waals surface area contributed by atoms with Gasteiger partial charge in [-0.25, -0.2) is 4.39 Å². The van der Waals surface area contributed by atoms with E-state index < -0.39 is 0 Å². The maximum Gasteiger partial charge on any atom is 0.137 e. The number of nitrogens with two attached hydrogens (primary N) is 1. The highest BCUT2D eigenvalue weighted by Gasteiger charge is 2.19. The molecule has 21 heavy (non-hydrogen) atoms. The molecule has 3 N–H and O–H groups in total. The van der Waals surface area contributed by atoms with Gasteiger partial charge in [-0.05, 0) is 77.4 Å². The standard InChI is InChI=1S/C16H18BrFN2S/c17-12-7-10(5-6-13(12)18)8-14(20-19)16-9-11-3-1-2-4-15(11)21-16/h5-7,9,14,20H,1-4,8,19H2. The molecule has 5 heteroatoms. The molecule has 1 aromatic heterocycles. The maximum absolute atomic E-state index is 13.3. The summed E-state index contributed by atoms with van der Waals surface area (Å²) in [5.41, 5.74) is 5.47. The minimum Gasteiger partial charge on any atom is -0.271 e. The van der Waals surface area contributed by atoms with Gasteiger partial charge in [-0.1, -0.05) is 6.07 Å². The van der Waals surface area contributed by atoms with E-state index in [4.69, 9.17) is 5.84 Å². The Morgan fingerprint density at radius 2 is 2.10 bits per heavy atom. The summed E-state index contributed by atoms with van der Waals surface area (Å²) < 4.78 is 13.8. The van der Waals surface area contributed by atoms with Gasteiger partial charge in [0.2, 0.25) is 0 Å². The van der Waals surface area contributed by atoms with Gasteiger partial charge in [0.05, 0.1) is 10.5 Å². The predicted octanol–water partition coefficient (Wildman–Crippen LogP) is 4.28. The summed E-state index contributed by atoms with van der Waals surface area (Å²) in [7, 11) is 0. The van der Waals surface area contributed by atoms with Gasteiger partial charge in [0.25, 0.3) is 0 Å². The highest BCUT2D eigenvalue weighted by molar-refractivity contribution is 9.10. The second-order valence-corrected chi connectivity index (χ2v) is 7.50. The first-order valence-electron chi connectivity index (χ1n) is 7.19. The zero-order chi connectivity index (χ0) is 14.8. The molecule has 1 aromatic carbocycles. The Bertz CT molecular complexity index is 618. The van der Waals surface area contributed by atoms with E-state index >= 15 is 0 Å². The van der Waals surface area contributed by atoms with Gasteiger partial charge in [0.15, 0.2) is 0 Å². The molecule has 0 amide bonds. The van der Waals surface area contributed by atoms with Crippen molar-refractivity contribution in [3.8, 4) is 0 Å². The van der Waals surface area contributed by atoms with Gasteiger partial charge in [0, 0.05) is 9.75 Å². The molecule has 1 atom stereocenters. The smallest absolute Gasteiger partial charge is 0.137 e. The third-order valence-corrected chi connectivity index (χ3v) is 5.94. The van der Waals surface area contributed by atoms with Crippen LogP contribution in [-0.4, -0.2) is 0 Å². The predicted molar refractivity (Wildman–Crippen MR) is 88.8 cm³/mol. The Kier molecular flexibility index (Phi) is 4.74.